The lowest BCUT2D eigenvalue weighted by Crippen LogP contribution is -1.99. The quantitative estimate of drug-likeness (QED) is 0.832. The first kappa shape index (κ1) is 12.6. The molecule has 94 valence electrons. The highest BCUT2D eigenvalue weighted by Crippen LogP contribution is 2.22. The fourth-order valence-electron chi connectivity index (χ4n) is 1.50. The van der Waals surface area contributed by atoms with Crippen molar-refractivity contribution in [2.75, 3.05) is 0 Å². The third-order valence-corrected chi connectivity index (χ3v) is 3.36. The molecule has 2 aromatic rings. The maximum atomic E-state index is 10.5. The molecule has 1 heterocycles. The smallest absolute Gasteiger partial charge is 0.307 e. The van der Waals surface area contributed by atoms with Crippen LogP contribution in [0.2, 0.25) is 0 Å². The molecule has 0 aliphatic heterocycles. The van der Waals surface area contributed by atoms with E-state index in [4.69, 9.17) is 5.11 Å². The van der Waals surface area contributed by atoms with Gasteiger partial charge in [0.2, 0.25) is 0 Å². The van der Waals surface area contributed by atoms with Crippen LogP contribution in [0.3, 0.4) is 0 Å². The van der Waals surface area contributed by atoms with Gasteiger partial charge in [-0.3, -0.25) is 9.48 Å². The number of benzene rings is 1. The van der Waals surface area contributed by atoms with Crippen molar-refractivity contribution in [3.63, 3.8) is 0 Å². The molecule has 0 unspecified atom stereocenters. The molecule has 5 nitrogen and oxygen atoms in total. The summed E-state index contributed by atoms with van der Waals surface area (Å²) in [5.41, 5.74) is 1.74. The molecule has 0 saturated carbocycles. The maximum Gasteiger partial charge on any atom is 0.307 e. The zero-order valence-electron chi connectivity index (χ0n) is 9.91. The largest absolute Gasteiger partial charge is 0.481 e. The first-order valence-corrected chi connectivity index (χ1v) is 6.41. The van der Waals surface area contributed by atoms with E-state index in [0.29, 0.717) is 0 Å². The Balaban J connectivity index is 1.92. The number of hydrogen-bond donors (Lipinski definition) is 1. The Morgan fingerprint density at radius 2 is 2.11 bits per heavy atom. The van der Waals surface area contributed by atoms with E-state index in [1.54, 1.807) is 16.4 Å². The van der Waals surface area contributed by atoms with E-state index >= 15 is 0 Å². The van der Waals surface area contributed by atoms with Gasteiger partial charge in [-0.1, -0.05) is 17.3 Å². The molecule has 6 heteroatoms. The Morgan fingerprint density at radius 3 is 2.67 bits per heavy atom. The topological polar surface area (TPSA) is 68.0 Å². The van der Waals surface area contributed by atoms with E-state index in [0.717, 1.165) is 21.9 Å². The van der Waals surface area contributed by atoms with Crippen molar-refractivity contribution in [1.82, 2.24) is 15.0 Å². The molecule has 0 aliphatic carbocycles. The number of aliphatic carboxylic acids is 1. The minimum Gasteiger partial charge on any atom is -0.481 e. The van der Waals surface area contributed by atoms with E-state index < -0.39 is 5.97 Å². The molecule has 1 aromatic carbocycles. The van der Waals surface area contributed by atoms with Crippen molar-refractivity contribution in [2.24, 2.45) is 7.05 Å². The number of aromatic nitrogens is 3. The second-order valence-corrected chi connectivity index (χ2v) is 4.94. The lowest BCUT2D eigenvalue weighted by molar-refractivity contribution is -0.136. The van der Waals surface area contributed by atoms with Gasteiger partial charge in [-0.05, 0) is 17.7 Å². The van der Waals surface area contributed by atoms with Crippen molar-refractivity contribution < 1.29 is 9.90 Å². The van der Waals surface area contributed by atoms with Crippen molar-refractivity contribution in [2.45, 2.75) is 17.1 Å². The average molecular weight is 263 g/mol. The molecule has 0 aliphatic rings. The summed E-state index contributed by atoms with van der Waals surface area (Å²) < 4.78 is 1.67. The van der Waals surface area contributed by atoms with Gasteiger partial charge in [0, 0.05) is 23.9 Å². The van der Waals surface area contributed by atoms with Crippen LogP contribution in [0.4, 0.5) is 0 Å². The van der Waals surface area contributed by atoms with Crippen molar-refractivity contribution in [3.05, 3.63) is 41.7 Å². The van der Waals surface area contributed by atoms with E-state index in [1.807, 2.05) is 37.5 Å². The van der Waals surface area contributed by atoms with Crippen molar-refractivity contribution in [1.29, 1.82) is 0 Å². The second kappa shape index (κ2) is 5.68. The lowest BCUT2D eigenvalue weighted by Gasteiger charge is -2.01. The summed E-state index contributed by atoms with van der Waals surface area (Å²) in [5.74, 6) is -0.0542. The van der Waals surface area contributed by atoms with Crippen LogP contribution in [0.25, 0.3) is 0 Å². The Kier molecular flexibility index (Phi) is 3.99. The molecule has 0 fully saturated rings. The molecule has 2 rings (SSSR count). The summed E-state index contributed by atoms with van der Waals surface area (Å²) in [7, 11) is 1.84. The zero-order valence-corrected chi connectivity index (χ0v) is 10.7. The number of carbonyl (C=O) groups is 1. The fraction of sp³-hybridized carbons (Fsp3) is 0.250. The molecule has 0 spiro atoms. The van der Waals surface area contributed by atoms with E-state index in [2.05, 4.69) is 10.3 Å². The average Bonchev–Trinajstić information content (AvgIpc) is 2.74. The number of carboxylic acid groups (broad SMARTS) is 1. The Labute approximate surface area is 109 Å². The normalized spacial score (nSPS) is 10.5. The van der Waals surface area contributed by atoms with Gasteiger partial charge < -0.3 is 5.11 Å². The lowest BCUT2D eigenvalue weighted by atomic mass is 10.2. The molecule has 0 saturated heterocycles. The minimum absolute atomic E-state index is 0.0646. The van der Waals surface area contributed by atoms with Crippen molar-refractivity contribution in [3.8, 4) is 0 Å². The summed E-state index contributed by atoms with van der Waals surface area (Å²) in [5, 5.41) is 16.5. The predicted octanol–water partition coefficient (Wildman–Crippen LogP) is 1.73. The number of nitrogens with zero attached hydrogens (tertiary/aromatic N) is 3. The second-order valence-electron chi connectivity index (χ2n) is 3.89. The van der Waals surface area contributed by atoms with Gasteiger partial charge in [0.1, 0.15) is 0 Å². The zero-order chi connectivity index (χ0) is 13.0. The summed E-state index contributed by atoms with van der Waals surface area (Å²) in [4.78, 5) is 11.6. The SMILES string of the molecule is Cn1cc(CSc2ccc(CC(=O)O)cc2)nn1. The van der Waals surface area contributed by atoms with Gasteiger partial charge >= 0.3 is 5.97 Å². The highest BCUT2D eigenvalue weighted by molar-refractivity contribution is 7.98. The van der Waals surface area contributed by atoms with E-state index in [1.165, 1.54) is 0 Å². The van der Waals surface area contributed by atoms with Gasteiger partial charge in [0.25, 0.3) is 0 Å². The monoisotopic (exact) mass is 263 g/mol. The molecule has 0 amide bonds. The number of rotatable bonds is 5. The van der Waals surface area contributed by atoms with Gasteiger partial charge in [-0.25, -0.2) is 0 Å². The third kappa shape index (κ3) is 3.59. The number of aryl methyl sites for hydroxylation is 1. The Bertz CT molecular complexity index is 537. The van der Waals surface area contributed by atoms with Crippen LogP contribution < -0.4 is 0 Å². The maximum absolute atomic E-state index is 10.5. The van der Waals surface area contributed by atoms with Gasteiger partial charge in [-0.15, -0.1) is 16.9 Å². The molecule has 1 aromatic heterocycles. The number of thioether (sulfide) groups is 1. The van der Waals surface area contributed by atoms with Crippen LogP contribution >= 0.6 is 11.8 Å². The molecule has 1 N–H and O–H groups in total. The molecule has 18 heavy (non-hydrogen) atoms. The first-order valence-electron chi connectivity index (χ1n) is 5.42. The molecular formula is C12H13N3O2S. The minimum atomic E-state index is -0.810. The fourth-order valence-corrected chi connectivity index (χ4v) is 2.27. The van der Waals surface area contributed by atoms with Crippen LogP contribution in [0, 0.1) is 0 Å². The molecule has 0 bridgehead atoms. The number of carboxylic acids is 1. The summed E-state index contributed by atoms with van der Waals surface area (Å²) in [6, 6.07) is 7.54. The van der Waals surface area contributed by atoms with Gasteiger partial charge in [0.15, 0.2) is 0 Å². The van der Waals surface area contributed by atoms with Gasteiger partial charge in [-0.2, -0.15) is 0 Å². The summed E-state index contributed by atoms with van der Waals surface area (Å²) in [6.45, 7) is 0. The molecule has 0 atom stereocenters. The Morgan fingerprint density at radius 1 is 1.39 bits per heavy atom. The summed E-state index contributed by atoms with van der Waals surface area (Å²) in [6.07, 6.45) is 1.95. The first-order chi connectivity index (χ1) is 8.63. The van der Waals surface area contributed by atoms with Crippen LogP contribution in [0.1, 0.15) is 11.3 Å². The molecular weight excluding hydrogens is 250 g/mol. The molecule has 0 radical (unpaired) electrons. The van der Waals surface area contributed by atoms with Gasteiger partial charge in [0.05, 0.1) is 12.1 Å². The predicted molar refractivity (Wildman–Crippen MR) is 68.3 cm³/mol. The van der Waals surface area contributed by atoms with E-state index in [9.17, 15) is 4.79 Å². The van der Waals surface area contributed by atoms with Crippen LogP contribution in [-0.2, 0) is 24.0 Å². The van der Waals surface area contributed by atoms with Crippen LogP contribution in [-0.4, -0.2) is 26.1 Å². The highest BCUT2D eigenvalue weighted by atomic mass is 32.2. The summed E-state index contributed by atoms with van der Waals surface area (Å²) >= 11 is 1.65. The van der Waals surface area contributed by atoms with Crippen LogP contribution in [0.5, 0.6) is 0 Å². The standard InChI is InChI=1S/C12H13N3O2S/c1-15-7-10(13-14-15)8-18-11-4-2-9(3-5-11)6-12(16)17/h2-5,7H,6,8H2,1H3,(H,16,17). The van der Waals surface area contributed by atoms with E-state index in [-0.39, 0.29) is 6.42 Å². The van der Waals surface area contributed by atoms with Crippen LogP contribution in [0.15, 0.2) is 35.4 Å². The van der Waals surface area contributed by atoms with Crippen molar-refractivity contribution >= 4 is 17.7 Å². The third-order valence-electron chi connectivity index (χ3n) is 2.32. The number of hydrogen-bond acceptors (Lipinski definition) is 4. The Hall–Kier alpha value is -1.82. The highest BCUT2D eigenvalue weighted by Gasteiger charge is 2.02.